The predicted octanol–water partition coefficient (Wildman–Crippen LogP) is 0.940. The molecule has 4 nitrogen and oxygen atoms in total. The van der Waals surface area contributed by atoms with Gasteiger partial charge in [-0.1, -0.05) is 6.92 Å². The zero-order chi connectivity index (χ0) is 12.5. The van der Waals surface area contributed by atoms with Crippen LogP contribution in [0.1, 0.15) is 20.8 Å². The summed E-state index contributed by atoms with van der Waals surface area (Å²) >= 11 is 5.68. The van der Waals surface area contributed by atoms with Crippen molar-refractivity contribution in [3.63, 3.8) is 0 Å². The lowest BCUT2D eigenvalue weighted by molar-refractivity contribution is -0.158. The Hall–Kier alpha value is -0.770. The maximum absolute atomic E-state index is 12.1. The molecule has 1 aliphatic heterocycles. The number of piperazine rings is 1. The number of hydrogen-bond acceptors (Lipinski definition) is 2. The van der Waals surface area contributed by atoms with Crippen LogP contribution in [0.2, 0.25) is 0 Å². The van der Waals surface area contributed by atoms with Gasteiger partial charge in [-0.05, 0) is 13.8 Å². The summed E-state index contributed by atoms with van der Waals surface area (Å²) in [6, 6.07) is 0. The molecule has 0 aliphatic carbocycles. The first-order valence-corrected chi connectivity index (χ1v) is 5.98. The van der Waals surface area contributed by atoms with Crippen LogP contribution in [0.25, 0.3) is 0 Å². The maximum atomic E-state index is 12.1. The number of amides is 2. The summed E-state index contributed by atoms with van der Waals surface area (Å²) in [5, 5.41) is 0. The second-order valence-corrected chi connectivity index (χ2v) is 5.14. The van der Waals surface area contributed by atoms with Crippen molar-refractivity contribution in [2.75, 3.05) is 26.0 Å². The molecule has 1 aliphatic rings. The first-order valence-electron chi connectivity index (χ1n) is 5.45. The highest BCUT2D eigenvalue weighted by Crippen LogP contribution is 2.23. The number of likely N-dealkylation sites (N-methyl/N-ethyl adjacent to an activating group) is 1. The summed E-state index contributed by atoms with van der Waals surface area (Å²) in [5.74, 6) is -0.0115. The van der Waals surface area contributed by atoms with E-state index in [1.165, 1.54) is 0 Å². The van der Waals surface area contributed by atoms with Gasteiger partial charge in [0, 0.05) is 31.9 Å². The van der Waals surface area contributed by atoms with Crippen molar-refractivity contribution in [3.8, 4) is 0 Å². The number of hydrogen-bond donors (Lipinski definition) is 0. The summed E-state index contributed by atoms with van der Waals surface area (Å²) in [6.45, 7) is 6.51. The first kappa shape index (κ1) is 13.3. The zero-order valence-electron chi connectivity index (χ0n) is 10.3. The van der Waals surface area contributed by atoms with E-state index < -0.39 is 5.54 Å². The van der Waals surface area contributed by atoms with Crippen molar-refractivity contribution in [2.45, 2.75) is 26.3 Å². The highest BCUT2D eigenvalue weighted by Gasteiger charge is 2.43. The molecule has 0 N–H and O–H groups in total. The molecular weight excluding hydrogens is 228 g/mol. The average Bonchev–Trinajstić information content (AvgIpc) is 2.24. The summed E-state index contributed by atoms with van der Waals surface area (Å²) < 4.78 is 0. The molecular formula is C11H19ClN2O2. The SMILES string of the molecule is CC(CCl)C(=O)N1CCN(C)C(=O)C1(C)C. The van der Waals surface area contributed by atoms with Crippen LogP contribution in [0.5, 0.6) is 0 Å². The van der Waals surface area contributed by atoms with E-state index in [1.807, 2.05) is 0 Å². The molecule has 16 heavy (non-hydrogen) atoms. The van der Waals surface area contributed by atoms with Crippen molar-refractivity contribution < 1.29 is 9.59 Å². The van der Waals surface area contributed by atoms with Crippen LogP contribution in [-0.2, 0) is 9.59 Å². The number of carbonyl (C=O) groups excluding carboxylic acids is 2. The molecule has 1 heterocycles. The third kappa shape index (κ3) is 2.17. The fraction of sp³-hybridized carbons (Fsp3) is 0.818. The molecule has 5 heteroatoms. The quantitative estimate of drug-likeness (QED) is 0.681. The molecule has 0 aromatic heterocycles. The fourth-order valence-electron chi connectivity index (χ4n) is 1.93. The molecule has 0 radical (unpaired) electrons. The Morgan fingerprint density at radius 1 is 1.50 bits per heavy atom. The lowest BCUT2D eigenvalue weighted by Gasteiger charge is -2.45. The first-order chi connectivity index (χ1) is 7.32. The molecule has 1 saturated heterocycles. The smallest absolute Gasteiger partial charge is 0.247 e. The van der Waals surface area contributed by atoms with E-state index in [0.717, 1.165) is 0 Å². The third-order valence-electron chi connectivity index (χ3n) is 3.12. The predicted molar refractivity (Wildman–Crippen MR) is 63.3 cm³/mol. The highest BCUT2D eigenvalue weighted by atomic mass is 35.5. The number of nitrogens with zero attached hydrogens (tertiary/aromatic N) is 2. The van der Waals surface area contributed by atoms with Gasteiger partial charge in [0.1, 0.15) is 5.54 Å². The maximum Gasteiger partial charge on any atom is 0.247 e. The van der Waals surface area contributed by atoms with Gasteiger partial charge in [-0.3, -0.25) is 9.59 Å². The third-order valence-corrected chi connectivity index (χ3v) is 3.59. The Kier molecular flexibility index (Phi) is 3.84. The summed E-state index contributed by atoms with van der Waals surface area (Å²) in [7, 11) is 1.76. The van der Waals surface area contributed by atoms with Gasteiger partial charge in [0.05, 0.1) is 0 Å². The van der Waals surface area contributed by atoms with Gasteiger partial charge in [-0.2, -0.15) is 0 Å². The van der Waals surface area contributed by atoms with Crippen LogP contribution < -0.4 is 0 Å². The second-order valence-electron chi connectivity index (χ2n) is 4.83. The van der Waals surface area contributed by atoms with E-state index in [9.17, 15) is 9.59 Å². The number of carbonyl (C=O) groups is 2. The molecule has 0 spiro atoms. The van der Waals surface area contributed by atoms with Gasteiger partial charge in [-0.25, -0.2) is 0 Å². The van der Waals surface area contributed by atoms with Crippen molar-refractivity contribution in [3.05, 3.63) is 0 Å². The van der Waals surface area contributed by atoms with Crippen LogP contribution in [0.3, 0.4) is 0 Å². The molecule has 0 aromatic rings. The van der Waals surface area contributed by atoms with Crippen molar-refractivity contribution in [2.24, 2.45) is 5.92 Å². The molecule has 0 bridgehead atoms. The van der Waals surface area contributed by atoms with Gasteiger partial charge in [0.25, 0.3) is 0 Å². The van der Waals surface area contributed by atoms with E-state index in [0.29, 0.717) is 13.1 Å². The molecule has 1 fully saturated rings. The molecule has 0 aromatic carbocycles. The summed E-state index contributed by atoms with van der Waals surface area (Å²) in [5.41, 5.74) is -0.760. The van der Waals surface area contributed by atoms with Crippen LogP contribution in [0.4, 0.5) is 0 Å². The fourth-order valence-corrected chi connectivity index (χ4v) is 2.06. The van der Waals surface area contributed by atoms with Gasteiger partial charge in [0.2, 0.25) is 11.8 Å². The van der Waals surface area contributed by atoms with Crippen LogP contribution in [0, 0.1) is 5.92 Å². The minimum absolute atomic E-state index is 0.0196. The van der Waals surface area contributed by atoms with Gasteiger partial charge in [-0.15, -0.1) is 11.6 Å². The molecule has 1 rings (SSSR count). The van der Waals surface area contributed by atoms with Crippen molar-refractivity contribution in [1.82, 2.24) is 9.80 Å². The number of alkyl halides is 1. The Morgan fingerprint density at radius 2 is 2.06 bits per heavy atom. The Labute approximate surface area is 102 Å². The van der Waals surface area contributed by atoms with E-state index in [1.54, 1.807) is 37.6 Å². The van der Waals surface area contributed by atoms with E-state index >= 15 is 0 Å². The molecule has 0 saturated carbocycles. The molecule has 92 valence electrons. The minimum Gasteiger partial charge on any atom is -0.342 e. The monoisotopic (exact) mass is 246 g/mol. The van der Waals surface area contributed by atoms with Crippen molar-refractivity contribution in [1.29, 1.82) is 0 Å². The summed E-state index contributed by atoms with van der Waals surface area (Å²) in [6.07, 6.45) is 0. The lowest BCUT2D eigenvalue weighted by Crippen LogP contribution is -2.64. The van der Waals surface area contributed by atoms with Gasteiger partial charge >= 0.3 is 0 Å². The number of halogens is 1. The van der Waals surface area contributed by atoms with E-state index in [4.69, 9.17) is 11.6 Å². The van der Waals surface area contributed by atoms with E-state index in [2.05, 4.69) is 0 Å². The standard InChI is InChI=1S/C11H19ClN2O2/c1-8(7-12)9(15)14-6-5-13(4)10(16)11(14,2)3/h8H,5-7H2,1-4H3. The van der Waals surface area contributed by atoms with Gasteiger partial charge < -0.3 is 9.80 Å². The Balaban J connectivity index is 2.90. The largest absolute Gasteiger partial charge is 0.342 e. The lowest BCUT2D eigenvalue weighted by atomic mass is 9.96. The minimum atomic E-state index is -0.760. The van der Waals surface area contributed by atoms with Crippen LogP contribution in [0.15, 0.2) is 0 Å². The Bertz CT molecular complexity index is 304. The van der Waals surface area contributed by atoms with Crippen molar-refractivity contribution >= 4 is 23.4 Å². The molecule has 1 atom stereocenters. The topological polar surface area (TPSA) is 40.6 Å². The zero-order valence-corrected chi connectivity index (χ0v) is 11.0. The van der Waals surface area contributed by atoms with Crippen LogP contribution in [-0.4, -0.2) is 53.2 Å². The molecule has 1 unspecified atom stereocenters. The second kappa shape index (κ2) is 4.62. The van der Waals surface area contributed by atoms with Gasteiger partial charge in [0.15, 0.2) is 0 Å². The van der Waals surface area contributed by atoms with E-state index in [-0.39, 0.29) is 23.6 Å². The normalized spacial score (nSPS) is 22.2. The highest BCUT2D eigenvalue weighted by molar-refractivity contribution is 6.19. The summed E-state index contributed by atoms with van der Waals surface area (Å²) in [4.78, 5) is 27.3. The van der Waals surface area contributed by atoms with Crippen LogP contribution >= 0.6 is 11.6 Å². The Morgan fingerprint density at radius 3 is 2.56 bits per heavy atom. The molecule has 2 amide bonds. The number of rotatable bonds is 2. The average molecular weight is 247 g/mol.